The minimum Gasteiger partial charge on any atom is -0.383 e. The highest BCUT2D eigenvalue weighted by atomic mass is 35.5. The highest BCUT2D eigenvalue weighted by molar-refractivity contribution is 6.33. The number of carbonyl (C=O) groups excluding carboxylic acids is 1. The van der Waals surface area contributed by atoms with Crippen molar-refractivity contribution in [3.05, 3.63) is 45.9 Å². The van der Waals surface area contributed by atoms with Crippen LogP contribution in [0.4, 0.5) is 10.2 Å². The number of benzene rings is 1. The summed E-state index contributed by atoms with van der Waals surface area (Å²) >= 11 is 6.29. The monoisotopic (exact) mass is 372 g/mol. The number of pyridine rings is 1. The lowest BCUT2D eigenvalue weighted by atomic mass is 9.90. The van der Waals surface area contributed by atoms with E-state index in [9.17, 15) is 14.4 Å². The van der Waals surface area contributed by atoms with E-state index in [1.165, 1.54) is 18.2 Å². The Labute approximate surface area is 156 Å². The molecule has 0 fully saturated rings. The summed E-state index contributed by atoms with van der Waals surface area (Å²) in [6.07, 6.45) is 0.517. The number of nitrogens with zero attached hydrogens (tertiary/aromatic N) is 3. The number of halogens is 2. The molecule has 2 N–H and O–H groups in total. The van der Waals surface area contributed by atoms with E-state index < -0.39 is 5.82 Å². The topological polar surface area (TPSA) is 83.0 Å². The number of amides is 1. The molecule has 3 rings (SSSR count). The Kier molecular flexibility index (Phi) is 4.84. The third-order valence-electron chi connectivity index (χ3n) is 4.49. The van der Waals surface area contributed by atoms with Crippen LogP contribution in [0.2, 0.25) is 5.02 Å². The first-order chi connectivity index (χ1) is 12.3. The van der Waals surface area contributed by atoms with Crippen molar-refractivity contribution in [3.8, 4) is 17.2 Å². The largest absolute Gasteiger partial charge is 0.383 e. The van der Waals surface area contributed by atoms with Crippen LogP contribution < -0.4 is 5.73 Å². The summed E-state index contributed by atoms with van der Waals surface area (Å²) in [4.78, 5) is 18.5. The van der Waals surface area contributed by atoms with Crippen LogP contribution in [0.3, 0.4) is 0 Å². The zero-order valence-corrected chi connectivity index (χ0v) is 15.3. The molecule has 0 aliphatic carbocycles. The number of hydrogen-bond acceptors (Lipinski definition) is 4. The fraction of sp³-hybridized carbons (Fsp3) is 0.316. The second-order valence-electron chi connectivity index (χ2n) is 6.57. The molecule has 0 radical (unpaired) electrons. The molecule has 2 aromatic rings. The summed E-state index contributed by atoms with van der Waals surface area (Å²) in [5, 5.41) is 9.91. The van der Waals surface area contributed by atoms with Crippen molar-refractivity contribution in [3.63, 3.8) is 0 Å². The molecule has 0 atom stereocenters. The maximum absolute atomic E-state index is 13.9. The van der Waals surface area contributed by atoms with Gasteiger partial charge in [-0.15, -0.1) is 0 Å². The van der Waals surface area contributed by atoms with E-state index in [0.717, 1.165) is 0 Å². The number of hydrogen-bond donors (Lipinski definition) is 1. The van der Waals surface area contributed by atoms with Crippen LogP contribution in [0, 0.1) is 23.1 Å². The molecule has 1 aromatic heterocycles. The molecular formula is C19H18ClFN4O. The van der Waals surface area contributed by atoms with Gasteiger partial charge in [0, 0.05) is 47.1 Å². The molecule has 134 valence electrons. The van der Waals surface area contributed by atoms with Gasteiger partial charge in [-0.2, -0.15) is 5.26 Å². The van der Waals surface area contributed by atoms with E-state index in [1.54, 1.807) is 4.90 Å². The lowest BCUT2D eigenvalue weighted by Gasteiger charge is -2.31. The third-order valence-corrected chi connectivity index (χ3v) is 4.82. The smallest absolute Gasteiger partial charge is 0.225 e. The maximum atomic E-state index is 13.9. The van der Waals surface area contributed by atoms with Crippen molar-refractivity contribution in [2.75, 3.05) is 12.3 Å². The Bertz CT molecular complexity index is 936. The Balaban J connectivity index is 2.24. The first-order valence-corrected chi connectivity index (χ1v) is 8.66. The summed E-state index contributed by atoms with van der Waals surface area (Å²) in [5.41, 5.74) is 8.37. The number of anilines is 1. The van der Waals surface area contributed by atoms with Gasteiger partial charge in [-0.25, -0.2) is 9.37 Å². The Morgan fingerprint density at radius 3 is 2.85 bits per heavy atom. The van der Waals surface area contributed by atoms with E-state index in [1.807, 2.05) is 13.8 Å². The van der Waals surface area contributed by atoms with Crippen LogP contribution in [0.1, 0.15) is 30.7 Å². The average Bonchev–Trinajstić information content (AvgIpc) is 2.61. The second-order valence-corrected chi connectivity index (χ2v) is 6.98. The van der Waals surface area contributed by atoms with Crippen LogP contribution >= 0.6 is 11.6 Å². The number of nitriles is 1. The Morgan fingerprint density at radius 2 is 2.19 bits per heavy atom. The van der Waals surface area contributed by atoms with Crippen molar-refractivity contribution in [2.45, 2.75) is 26.8 Å². The molecule has 1 aliphatic heterocycles. The number of nitrogen functional groups attached to an aromatic ring is 1. The normalized spacial score (nSPS) is 13.5. The fourth-order valence-corrected chi connectivity index (χ4v) is 3.44. The van der Waals surface area contributed by atoms with Crippen LogP contribution in [0.15, 0.2) is 18.2 Å². The zero-order chi connectivity index (χ0) is 19.0. The highest BCUT2D eigenvalue weighted by Crippen LogP contribution is 2.38. The minimum atomic E-state index is -0.469. The van der Waals surface area contributed by atoms with E-state index in [2.05, 4.69) is 11.1 Å². The molecular weight excluding hydrogens is 355 g/mol. The summed E-state index contributed by atoms with van der Waals surface area (Å²) in [6, 6.07) is 6.03. The molecule has 1 aromatic carbocycles. The van der Waals surface area contributed by atoms with Crippen molar-refractivity contribution < 1.29 is 9.18 Å². The number of rotatable bonds is 2. The highest BCUT2D eigenvalue weighted by Gasteiger charge is 2.29. The average molecular weight is 373 g/mol. The predicted octanol–water partition coefficient (Wildman–Crippen LogP) is 3.54. The van der Waals surface area contributed by atoms with E-state index in [-0.39, 0.29) is 29.8 Å². The van der Waals surface area contributed by atoms with Crippen LogP contribution in [-0.2, 0) is 17.8 Å². The van der Waals surface area contributed by atoms with E-state index in [4.69, 9.17) is 17.3 Å². The molecule has 0 saturated heterocycles. The van der Waals surface area contributed by atoms with Crippen LogP contribution in [0.25, 0.3) is 11.1 Å². The lowest BCUT2D eigenvalue weighted by Crippen LogP contribution is -2.39. The molecule has 0 saturated carbocycles. The predicted molar refractivity (Wildman–Crippen MR) is 97.7 cm³/mol. The van der Waals surface area contributed by atoms with Crippen LogP contribution in [-0.4, -0.2) is 22.3 Å². The summed E-state index contributed by atoms with van der Waals surface area (Å²) in [6.45, 7) is 4.49. The molecule has 7 heteroatoms. The molecule has 2 heterocycles. The van der Waals surface area contributed by atoms with Gasteiger partial charge in [0.15, 0.2) is 0 Å². The van der Waals surface area contributed by atoms with Crippen molar-refractivity contribution in [1.82, 2.24) is 9.88 Å². The van der Waals surface area contributed by atoms with E-state index in [0.29, 0.717) is 40.4 Å². The van der Waals surface area contributed by atoms with Gasteiger partial charge in [0.25, 0.3) is 0 Å². The summed E-state index contributed by atoms with van der Waals surface area (Å²) < 4.78 is 13.9. The minimum absolute atomic E-state index is 0.0160. The van der Waals surface area contributed by atoms with Gasteiger partial charge in [0.1, 0.15) is 23.3 Å². The standard InChI is InChI=1S/C19H18ClFN4O/c1-10(2)19(26)25-6-5-16-14(9-25)17(13(8-22)18(23)24-16)12-7-11(21)3-4-15(12)20/h3-4,7,10H,5-6,9H2,1-2H3,(H2,23,24). The summed E-state index contributed by atoms with van der Waals surface area (Å²) in [7, 11) is 0. The summed E-state index contributed by atoms with van der Waals surface area (Å²) in [5.74, 6) is -0.509. The first-order valence-electron chi connectivity index (χ1n) is 8.29. The first kappa shape index (κ1) is 18.2. The molecule has 1 amide bonds. The molecule has 0 unspecified atom stereocenters. The van der Waals surface area contributed by atoms with Gasteiger partial charge < -0.3 is 10.6 Å². The van der Waals surface area contributed by atoms with Crippen LogP contribution in [0.5, 0.6) is 0 Å². The SMILES string of the molecule is CC(C)C(=O)N1CCc2nc(N)c(C#N)c(-c3cc(F)ccc3Cl)c2C1. The molecule has 5 nitrogen and oxygen atoms in total. The molecule has 0 bridgehead atoms. The number of fused-ring (bicyclic) bond motifs is 1. The zero-order valence-electron chi connectivity index (χ0n) is 14.5. The lowest BCUT2D eigenvalue weighted by molar-refractivity contribution is -0.135. The van der Waals surface area contributed by atoms with Gasteiger partial charge in [0.05, 0.1) is 5.69 Å². The van der Waals surface area contributed by atoms with Gasteiger partial charge in [-0.3, -0.25) is 4.79 Å². The fourth-order valence-electron chi connectivity index (χ4n) is 3.23. The number of carbonyl (C=O) groups is 1. The Morgan fingerprint density at radius 1 is 1.46 bits per heavy atom. The van der Waals surface area contributed by atoms with Gasteiger partial charge in [0.2, 0.25) is 5.91 Å². The number of nitrogens with two attached hydrogens (primary N) is 1. The van der Waals surface area contributed by atoms with E-state index >= 15 is 0 Å². The Hall–Kier alpha value is -2.65. The van der Waals surface area contributed by atoms with Crippen molar-refractivity contribution in [1.29, 1.82) is 5.26 Å². The second kappa shape index (κ2) is 6.93. The van der Waals surface area contributed by atoms with Gasteiger partial charge in [-0.1, -0.05) is 25.4 Å². The van der Waals surface area contributed by atoms with Gasteiger partial charge in [-0.05, 0) is 18.2 Å². The van der Waals surface area contributed by atoms with Crippen molar-refractivity contribution >= 4 is 23.3 Å². The quantitative estimate of drug-likeness (QED) is 0.874. The van der Waals surface area contributed by atoms with Gasteiger partial charge >= 0.3 is 0 Å². The molecule has 0 spiro atoms. The van der Waals surface area contributed by atoms with Crippen molar-refractivity contribution in [2.24, 2.45) is 5.92 Å². The number of aromatic nitrogens is 1. The maximum Gasteiger partial charge on any atom is 0.225 e. The molecule has 26 heavy (non-hydrogen) atoms. The molecule has 1 aliphatic rings. The third kappa shape index (κ3) is 3.11.